The third kappa shape index (κ3) is 9.20. The summed E-state index contributed by atoms with van der Waals surface area (Å²) in [5.41, 5.74) is 2.19. The van der Waals surface area contributed by atoms with Crippen molar-refractivity contribution in [2.75, 3.05) is 26.5 Å². The predicted octanol–water partition coefficient (Wildman–Crippen LogP) is 4.53. The van der Waals surface area contributed by atoms with Crippen LogP contribution in [-0.2, 0) is 32.7 Å². The Labute approximate surface area is 238 Å². The molecule has 9 heteroatoms. The average molecular weight is 566 g/mol. The van der Waals surface area contributed by atoms with Crippen molar-refractivity contribution in [2.45, 2.75) is 45.3 Å². The fourth-order valence-corrected chi connectivity index (χ4v) is 5.09. The number of hydrogen-bond acceptors (Lipinski definition) is 5. The molecule has 0 heterocycles. The van der Waals surface area contributed by atoms with E-state index in [2.05, 4.69) is 12.2 Å². The van der Waals surface area contributed by atoms with Crippen molar-refractivity contribution in [3.63, 3.8) is 0 Å². The molecule has 3 aromatic carbocycles. The zero-order valence-corrected chi connectivity index (χ0v) is 24.3. The van der Waals surface area contributed by atoms with E-state index in [0.717, 1.165) is 41.0 Å². The van der Waals surface area contributed by atoms with Crippen molar-refractivity contribution in [2.24, 2.45) is 0 Å². The largest absolute Gasteiger partial charge is 0.497 e. The predicted molar refractivity (Wildman–Crippen MR) is 157 cm³/mol. The van der Waals surface area contributed by atoms with E-state index in [1.54, 1.807) is 19.2 Å². The topological polar surface area (TPSA) is 96.0 Å². The van der Waals surface area contributed by atoms with Crippen LogP contribution in [0.25, 0.3) is 0 Å². The summed E-state index contributed by atoms with van der Waals surface area (Å²) in [5.74, 6) is -0.117. The normalized spacial score (nSPS) is 12.1. The monoisotopic (exact) mass is 565 g/mol. The minimum absolute atomic E-state index is 0.0427. The molecule has 0 saturated heterocycles. The first-order chi connectivity index (χ1) is 19.2. The Morgan fingerprint density at radius 1 is 0.850 bits per heavy atom. The maximum absolute atomic E-state index is 14.0. The van der Waals surface area contributed by atoms with Gasteiger partial charge in [-0.2, -0.15) is 4.31 Å². The van der Waals surface area contributed by atoms with Crippen LogP contribution < -0.4 is 10.1 Å². The Kier molecular flexibility index (Phi) is 11.7. The maximum atomic E-state index is 14.0. The highest BCUT2D eigenvalue weighted by Gasteiger charge is 2.33. The van der Waals surface area contributed by atoms with Crippen molar-refractivity contribution in [3.05, 3.63) is 102 Å². The first-order valence-corrected chi connectivity index (χ1v) is 15.3. The summed E-state index contributed by atoms with van der Waals surface area (Å²) in [7, 11) is -2.16. The van der Waals surface area contributed by atoms with E-state index >= 15 is 0 Å². The second-order valence-electron chi connectivity index (χ2n) is 9.70. The Morgan fingerprint density at radius 2 is 1.45 bits per heavy atom. The third-order valence-corrected chi connectivity index (χ3v) is 7.77. The molecule has 0 spiro atoms. The highest BCUT2D eigenvalue weighted by atomic mass is 32.2. The van der Waals surface area contributed by atoms with Crippen LogP contribution in [0.4, 0.5) is 0 Å². The Bertz CT molecular complexity index is 1320. The molecule has 3 aromatic rings. The van der Waals surface area contributed by atoms with Crippen LogP contribution in [0.5, 0.6) is 5.75 Å². The van der Waals surface area contributed by atoms with Gasteiger partial charge in [0.25, 0.3) is 0 Å². The van der Waals surface area contributed by atoms with Crippen LogP contribution in [0.3, 0.4) is 0 Å². The second kappa shape index (κ2) is 15.2. The molecule has 1 N–H and O–H groups in total. The van der Waals surface area contributed by atoms with Crippen molar-refractivity contribution in [1.82, 2.24) is 14.5 Å². The third-order valence-electron chi connectivity index (χ3n) is 6.57. The van der Waals surface area contributed by atoms with Gasteiger partial charge in [0.2, 0.25) is 21.8 Å². The number of amides is 2. The smallest absolute Gasteiger partial charge is 0.247 e. The summed E-state index contributed by atoms with van der Waals surface area (Å²) in [4.78, 5) is 29.2. The molecule has 0 aliphatic rings. The number of nitrogens with one attached hydrogen (secondary N) is 1. The summed E-state index contributed by atoms with van der Waals surface area (Å²) >= 11 is 0. The van der Waals surface area contributed by atoms with Crippen LogP contribution in [0.15, 0.2) is 84.9 Å². The van der Waals surface area contributed by atoms with Gasteiger partial charge in [-0.25, -0.2) is 8.42 Å². The van der Waals surface area contributed by atoms with Crippen LogP contribution in [-0.4, -0.2) is 55.9 Å². The fourth-order valence-electron chi connectivity index (χ4n) is 4.36. The van der Waals surface area contributed by atoms with Gasteiger partial charge in [0.15, 0.2) is 0 Å². The van der Waals surface area contributed by atoms with E-state index in [0.29, 0.717) is 17.9 Å². The molecule has 0 unspecified atom stereocenters. The number of methoxy groups -OCH3 is 1. The average Bonchev–Trinajstić information content (AvgIpc) is 2.95. The molecule has 0 saturated carbocycles. The van der Waals surface area contributed by atoms with Gasteiger partial charge in [-0.15, -0.1) is 0 Å². The van der Waals surface area contributed by atoms with Gasteiger partial charge >= 0.3 is 0 Å². The van der Waals surface area contributed by atoms with E-state index in [1.165, 1.54) is 4.90 Å². The molecule has 0 bridgehead atoms. The molecule has 1 atom stereocenters. The summed E-state index contributed by atoms with van der Waals surface area (Å²) < 4.78 is 31.9. The number of ether oxygens (including phenoxy) is 1. The number of carbonyl (C=O) groups excluding carboxylic acids is 2. The van der Waals surface area contributed by atoms with Crippen LogP contribution >= 0.6 is 0 Å². The molecule has 40 heavy (non-hydrogen) atoms. The molecular formula is C31H39N3O5S. The van der Waals surface area contributed by atoms with Gasteiger partial charge in [0.1, 0.15) is 11.8 Å². The van der Waals surface area contributed by atoms with Crippen LogP contribution in [0, 0.1) is 0 Å². The SMILES string of the molecule is CCCCCNC(=O)[C@H](c1ccccc1)N(Cc1ccc(OC)cc1)C(=O)CN(Cc1ccccc1)S(C)(=O)=O. The van der Waals surface area contributed by atoms with E-state index in [-0.39, 0.29) is 19.0 Å². The molecule has 8 nitrogen and oxygen atoms in total. The Balaban J connectivity index is 1.99. The molecule has 3 rings (SSSR count). The molecule has 0 aliphatic heterocycles. The quantitative estimate of drug-likeness (QED) is 0.273. The van der Waals surface area contributed by atoms with Gasteiger partial charge < -0.3 is 15.0 Å². The van der Waals surface area contributed by atoms with Crippen molar-refractivity contribution in [3.8, 4) is 5.75 Å². The fraction of sp³-hybridized carbons (Fsp3) is 0.355. The molecule has 0 radical (unpaired) electrons. The maximum Gasteiger partial charge on any atom is 0.247 e. The zero-order chi connectivity index (χ0) is 29.0. The summed E-state index contributed by atoms with van der Waals surface area (Å²) in [6, 6.07) is 24.5. The van der Waals surface area contributed by atoms with Gasteiger partial charge in [0, 0.05) is 19.6 Å². The molecule has 0 fully saturated rings. The number of rotatable bonds is 15. The minimum Gasteiger partial charge on any atom is -0.497 e. The van der Waals surface area contributed by atoms with E-state index in [9.17, 15) is 18.0 Å². The lowest BCUT2D eigenvalue weighted by Crippen LogP contribution is -2.47. The first-order valence-electron chi connectivity index (χ1n) is 13.5. The summed E-state index contributed by atoms with van der Waals surface area (Å²) in [6.07, 6.45) is 3.91. The van der Waals surface area contributed by atoms with Gasteiger partial charge in [-0.3, -0.25) is 9.59 Å². The lowest BCUT2D eigenvalue weighted by atomic mass is 10.0. The Morgan fingerprint density at radius 3 is 2.02 bits per heavy atom. The number of sulfonamides is 1. The minimum atomic E-state index is -3.74. The number of carbonyl (C=O) groups is 2. The van der Waals surface area contributed by atoms with Gasteiger partial charge in [-0.1, -0.05) is 92.6 Å². The van der Waals surface area contributed by atoms with Crippen LogP contribution in [0.2, 0.25) is 0 Å². The lowest BCUT2D eigenvalue weighted by molar-refractivity contribution is -0.141. The molecular weight excluding hydrogens is 526 g/mol. The van der Waals surface area contributed by atoms with Gasteiger partial charge in [0.05, 0.1) is 19.9 Å². The molecule has 0 aliphatic carbocycles. The van der Waals surface area contributed by atoms with Crippen molar-refractivity contribution < 1.29 is 22.7 Å². The van der Waals surface area contributed by atoms with E-state index in [4.69, 9.17) is 4.74 Å². The second-order valence-corrected chi connectivity index (χ2v) is 11.7. The number of benzene rings is 3. The first kappa shape index (κ1) is 30.8. The molecule has 0 aromatic heterocycles. The molecule has 2 amide bonds. The van der Waals surface area contributed by atoms with E-state index in [1.807, 2.05) is 72.8 Å². The van der Waals surface area contributed by atoms with Gasteiger partial charge in [-0.05, 0) is 35.2 Å². The standard InChI is InChI=1S/C31H39N3O5S/c1-4-5-12-21-32-31(36)30(27-15-10-7-11-16-27)34(23-26-17-19-28(39-2)20-18-26)29(35)24-33(40(3,37)38)22-25-13-8-6-9-14-25/h6-11,13-20,30H,4-5,12,21-24H2,1-3H3,(H,32,36)/t30-/m0/s1. The van der Waals surface area contributed by atoms with Crippen molar-refractivity contribution in [1.29, 1.82) is 0 Å². The lowest BCUT2D eigenvalue weighted by Gasteiger charge is -2.33. The highest BCUT2D eigenvalue weighted by molar-refractivity contribution is 7.88. The number of hydrogen-bond donors (Lipinski definition) is 1. The number of unbranched alkanes of at least 4 members (excludes halogenated alkanes) is 2. The summed E-state index contributed by atoms with van der Waals surface area (Å²) in [5, 5.41) is 2.99. The van der Waals surface area contributed by atoms with Crippen LogP contribution in [0.1, 0.15) is 48.9 Å². The molecule has 214 valence electrons. The highest BCUT2D eigenvalue weighted by Crippen LogP contribution is 2.25. The Hall–Kier alpha value is -3.69. The number of nitrogens with zero attached hydrogens (tertiary/aromatic N) is 2. The van der Waals surface area contributed by atoms with Crippen molar-refractivity contribution >= 4 is 21.8 Å². The summed E-state index contributed by atoms with van der Waals surface area (Å²) in [6.45, 7) is 2.32. The zero-order valence-electron chi connectivity index (χ0n) is 23.5. The van der Waals surface area contributed by atoms with E-state index < -0.39 is 28.5 Å².